The number of nitrogens with zero attached hydrogens (tertiary/aromatic N) is 2. The molecule has 5 aromatic rings. The minimum atomic E-state index is -0.336. The molecule has 30 heavy (non-hydrogen) atoms. The fourth-order valence-corrected chi connectivity index (χ4v) is 4.40. The van der Waals surface area contributed by atoms with E-state index in [0.29, 0.717) is 16.3 Å². The lowest BCUT2D eigenvalue weighted by atomic mass is 9.99. The summed E-state index contributed by atoms with van der Waals surface area (Å²) in [6.45, 7) is 1.97. The van der Waals surface area contributed by atoms with Gasteiger partial charge in [0, 0.05) is 22.4 Å². The second-order valence-electron chi connectivity index (χ2n) is 7.26. The van der Waals surface area contributed by atoms with Crippen LogP contribution < -0.4 is 0 Å². The van der Waals surface area contributed by atoms with Crippen molar-refractivity contribution in [1.29, 1.82) is 0 Å². The molecule has 5 heteroatoms. The molecule has 4 nitrogen and oxygen atoms in total. The minimum Gasteiger partial charge on any atom is -0.303 e. The maximum absolute atomic E-state index is 12.1. The number of benzene rings is 4. The van der Waals surface area contributed by atoms with Crippen LogP contribution in [0.2, 0.25) is 5.02 Å². The first kappa shape index (κ1) is 18.4. The lowest BCUT2D eigenvalue weighted by molar-refractivity contribution is -0.384. The molecule has 0 aliphatic carbocycles. The molecular formula is C25H17ClN2O2. The van der Waals surface area contributed by atoms with Crippen LogP contribution in [0.3, 0.4) is 0 Å². The van der Waals surface area contributed by atoms with Crippen LogP contribution in [0.25, 0.3) is 38.6 Å². The van der Waals surface area contributed by atoms with Crippen molar-refractivity contribution in [3.8, 4) is 16.8 Å². The summed E-state index contributed by atoms with van der Waals surface area (Å²) in [7, 11) is 0. The zero-order valence-electron chi connectivity index (χ0n) is 16.2. The molecular weight excluding hydrogens is 396 g/mol. The number of hydrogen-bond donors (Lipinski definition) is 0. The minimum absolute atomic E-state index is 0.0177. The van der Waals surface area contributed by atoms with E-state index in [1.807, 2.05) is 84.3 Å². The van der Waals surface area contributed by atoms with E-state index in [1.165, 1.54) is 0 Å². The highest BCUT2D eigenvalue weighted by atomic mass is 35.5. The van der Waals surface area contributed by atoms with Crippen molar-refractivity contribution in [3.05, 3.63) is 106 Å². The topological polar surface area (TPSA) is 48.1 Å². The Morgan fingerprint density at radius 3 is 1.97 bits per heavy atom. The van der Waals surface area contributed by atoms with Gasteiger partial charge in [-0.15, -0.1) is 0 Å². The Balaban J connectivity index is 1.88. The first-order valence-electron chi connectivity index (χ1n) is 9.59. The van der Waals surface area contributed by atoms with E-state index < -0.39 is 0 Å². The number of halogens is 1. The molecule has 0 unspecified atom stereocenters. The van der Waals surface area contributed by atoms with Crippen molar-refractivity contribution in [3.63, 3.8) is 0 Å². The van der Waals surface area contributed by atoms with Crippen LogP contribution in [-0.2, 0) is 0 Å². The lowest BCUT2D eigenvalue weighted by Crippen LogP contribution is -2.01. The average molecular weight is 413 g/mol. The zero-order chi connectivity index (χ0) is 20.8. The van der Waals surface area contributed by atoms with Crippen molar-refractivity contribution in [2.24, 2.45) is 0 Å². The summed E-state index contributed by atoms with van der Waals surface area (Å²) in [5.41, 5.74) is 4.84. The van der Waals surface area contributed by atoms with Gasteiger partial charge < -0.3 is 4.57 Å². The zero-order valence-corrected chi connectivity index (χ0v) is 16.9. The van der Waals surface area contributed by atoms with Gasteiger partial charge in [0.05, 0.1) is 21.0 Å². The van der Waals surface area contributed by atoms with Gasteiger partial charge in [-0.25, -0.2) is 0 Å². The van der Waals surface area contributed by atoms with E-state index in [9.17, 15) is 10.1 Å². The number of rotatable bonds is 3. The first-order valence-corrected chi connectivity index (χ1v) is 9.96. The highest BCUT2D eigenvalue weighted by Crippen LogP contribution is 2.40. The SMILES string of the molecule is Cc1ccccc1-c1cc([N+](=O)[O-])c(-n2c3ccccc3c3ccccc32)cc1Cl. The molecule has 4 aromatic carbocycles. The summed E-state index contributed by atoms with van der Waals surface area (Å²) in [5, 5.41) is 14.7. The fraction of sp³-hybridized carbons (Fsp3) is 0.0400. The molecule has 0 amide bonds. The number of aryl methyl sites for hydroxylation is 1. The molecule has 0 N–H and O–H groups in total. The third-order valence-electron chi connectivity index (χ3n) is 5.52. The van der Waals surface area contributed by atoms with E-state index in [0.717, 1.165) is 32.9 Å². The Morgan fingerprint density at radius 1 is 0.800 bits per heavy atom. The average Bonchev–Trinajstić information content (AvgIpc) is 3.08. The molecule has 0 fully saturated rings. The molecule has 0 bridgehead atoms. The van der Waals surface area contributed by atoms with E-state index >= 15 is 0 Å². The summed E-state index contributed by atoms with van der Waals surface area (Å²) >= 11 is 6.70. The second-order valence-corrected chi connectivity index (χ2v) is 7.67. The van der Waals surface area contributed by atoms with Gasteiger partial charge in [-0.3, -0.25) is 10.1 Å². The largest absolute Gasteiger partial charge is 0.303 e. The Bertz CT molecular complexity index is 1400. The fourth-order valence-electron chi connectivity index (χ4n) is 4.14. The predicted octanol–water partition coefficient (Wildman–Crippen LogP) is 7.32. The Hall–Kier alpha value is -3.63. The molecule has 0 saturated heterocycles. The molecule has 0 atom stereocenters. The standard InChI is InChI=1S/C25H17ClN2O2/c1-16-8-2-3-9-17(16)20-14-25(28(29)30)24(15-21(20)26)27-22-12-6-4-10-18(22)19-11-5-7-13-23(19)27/h2-15H,1H3. The van der Waals surface area contributed by atoms with Crippen molar-refractivity contribution in [1.82, 2.24) is 4.57 Å². The lowest BCUT2D eigenvalue weighted by Gasteiger charge is -2.13. The van der Waals surface area contributed by atoms with Crippen LogP contribution in [0.15, 0.2) is 84.9 Å². The van der Waals surface area contributed by atoms with Gasteiger partial charge in [-0.05, 0) is 36.2 Å². The smallest absolute Gasteiger partial charge is 0.293 e. The van der Waals surface area contributed by atoms with Crippen molar-refractivity contribution in [2.45, 2.75) is 6.92 Å². The van der Waals surface area contributed by atoms with Gasteiger partial charge in [-0.2, -0.15) is 0 Å². The van der Waals surface area contributed by atoms with Crippen LogP contribution in [0.5, 0.6) is 0 Å². The van der Waals surface area contributed by atoms with E-state index in [-0.39, 0.29) is 10.6 Å². The van der Waals surface area contributed by atoms with E-state index in [2.05, 4.69) is 0 Å². The van der Waals surface area contributed by atoms with Gasteiger partial charge in [0.15, 0.2) is 0 Å². The number of aromatic nitrogens is 1. The van der Waals surface area contributed by atoms with Gasteiger partial charge in [0.1, 0.15) is 5.69 Å². The molecule has 1 aromatic heterocycles. The number of nitro groups is 1. The quantitative estimate of drug-likeness (QED) is 0.230. The van der Waals surface area contributed by atoms with Gasteiger partial charge in [0.2, 0.25) is 0 Å². The highest BCUT2D eigenvalue weighted by molar-refractivity contribution is 6.33. The van der Waals surface area contributed by atoms with E-state index in [1.54, 1.807) is 12.1 Å². The molecule has 0 saturated carbocycles. The summed E-state index contributed by atoms with van der Waals surface area (Å²) in [4.78, 5) is 11.8. The van der Waals surface area contributed by atoms with Crippen molar-refractivity contribution >= 4 is 39.1 Å². The van der Waals surface area contributed by atoms with Gasteiger partial charge in [-0.1, -0.05) is 72.3 Å². The molecule has 0 aliphatic rings. The Morgan fingerprint density at radius 2 is 1.37 bits per heavy atom. The molecule has 146 valence electrons. The third kappa shape index (κ3) is 2.77. The van der Waals surface area contributed by atoms with Crippen LogP contribution >= 0.6 is 11.6 Å². The normalized spacial score (nSPS) is 11.3. The van der Waals surface area contributed by atoms with E-state index in [4.69, 9.17) is 11.6 Å². The number of para-hydroxylation sites is 2. The van der Waals surface area contributed by atoms with Crippen molar-refractivity contribution < 1.29 is 4.92 Å². The molecule has 5 rings (SSSR count). The second kappa shape index (κ2) is 7.01. The van der Waals surface area contributed by atoms with Crippen molar-refractivity contribution in [2.75, 3.05) is 0 Å². The maximum atomic E-state index is 12.1. The Labute approximate surface area is 178 Å². The highest BCUT2D eigenvalue weighted by Gasteiger charge is 2.23. The number of hydrogen-bond acceptors (Lipinski definition) is 2. The van der Waals surface area contributed by atoms with Crippen LogP contribution in [0, 0.1) is 17.0 Å². The van der Waals surface area contributed by atoms with Crippen LogP contribution in [-0.4, -0.2) is 9.49 Å². The first-order chi connectivity index (χ1) is 14.6. The van der Waals surface area contributed by atoms with Crippen LogP contribution in [0.4, 0.5) is 5.69 Å². The molecule has 0 aliphatic heterocycles. The summed E-state index contributed by atoms with van der Waals surface area (Å²) in [6.07, 6.45) is 0. The number of fused-ring (bicyclic) bond motifs is 3. The Kier molecular flexibility index (Phi) is 4.30. The molecule has 0 spiro atoms. The van der Waals surface area contributed by atoms with Gasteiger partial charge in [0.25, 0.3) is 5.69 Å². The monoisotopic (exact) mass is 412 g/mol. The van der Waals surface area contributed by atoms with Gasteiger partial charge >= 0.3 is 0 Å². The third-order valence-corrected chi connectivity index (χ3v) is 5.83. The maximum Gasteiger partial charge on any atom is 0.293 e. The molecule has 1 heterocycles. The summed E-state index contributed by atoms with van der Waals surface area (Å²) < 4.78 is 1.93. The summed E-state index contributed by atoms with van der Waals surface area (Å²) in [5.74, 6) is 0. The molecule has 0 radical (unpaired) electrons. The summed E-state index contributed by atoms with van der Waals surface area (Å²) in [6, 6.07) is 26.9. The number of nitro benzene ring substituents is 1. The van der Waals surface area contributed by atoms with Crippen LogP contribution in [0.1, 0.15) is 5.56 Å². The predicted molar refractivity (Wildman–Crippen MR) is 123 cm³/mol.